The Morgan fingerprint density at radius 1 is 0.980 bits per heavy atom. The molecule has 258 valence electrons. The zero-order chi connectivity index (χ0) is 34.6. The molecule has 0 radical (unpaired) electrons. The fraction of sp³-hybridized carbons (Fsp3) is 0.400. The van der Waals surface area contributed by atoms with Gasteiger partial charge in [0, 0.05) is 51.3 Å². The summed E-state index contributed by atoms with van der Waals surface area (Å²) in [5.41, 5.74) is 10.6. The number of hydrogen-bond acceptors (Lipinski definition) is 8. The van der Waals surface area contributed by atoms with E-state index >= 15 is 0 Å². The first-order valence-electron chi connectivity index (χ1n) is 17.6. The van der Waals surface area contributed by atoms with Crippen molar-refractivity contribution in [3.05, 3.63) is 88.1 Å². The van der Waals surface area contributed by atoms with Crippen LogP contribution in [0.2, 0.25) is 0 Å². The van der Waals surface area contributed by atoms with E-state index in [9.17, 15) is 14.4 Å². The first-order chi connectivity index (χ1) is 24.2. The molecule has 0 spiro atoms. The van der Waals surface area contributed by atoms with E-state index in [1.54, 1.807) is 29.5 Å². The molecule has 5 aliphatic rings. The Morgan fingerprint density at radius 3 is 2.48 bits per heavy atom. The Balaban J connectivity index is 1.19. The summed E-state index contributed by atoms with van der Waals surface area (Å²) >= 11 is 1.60. The van der Waals surface area contributed by atoms with Crippen LogP contribution in [0, 0.1) is 17.3 Å². The number of carbonyl (C=O) groups excluding carboxylic acids is 3. The molecule has 50 heavy (non-hydrogen) atoms. The third kappa shape index (κ3) is 5.78. The standard InChI is InChI=1S/C40H42N4O5S/c1-3-39-17-24-14-25(18-39)20-40(19-24,22-39)44-37(46)32-9-8-28(34(43-32)38(47)48-2)29-16-33-31(35-26(10-12-49-33)11-13-50-35)15-30(29)36(45)42-27-6-4-23(21-41)5-7-27/h4-9,11,13,15-16,24-25H,3,10,12,14,17-22,41H2,1-2H3,(H,42,45)(H,44,46)/t24-,25+,39?,40?. The lowest BCUT2D eigenvalue weighted by atomic mass is 9.46. The number of fused-ring (bicyclic) bond motifs is 3. The van der Waals surface area contributed by atoms with Crippen molar-refractivity contribution in [2.24, 2.45) is 23.0 Å². The maximum absolute atomic E-state index is 14.1. The number of nitrogens with two attached hydrogens (primary N) is 1. The van der Waals surface area contributed by atoms with Crippen LogP contribution in [0.5, 0.6) is 5.75 Å². The van der Waals surface area contributed by atoms with Crippen molar-refractivity contribution in [1.29, 1.82) is 0 Å². The Hall–Kier alpha value is -4.54. The predicted molar refractivity (Wildman–Crippen MR) is 193 cm³/mol. The molecule has 4 bridgehead atoms. The molecule has 4 N–H and O–H groups in total. The van der Waals surface area contributed by atoms with Gasteiger partial charge in [-0.05, 0) is 115 Å². The average Bonchev–Trinajstić information content (AvgIpc) is 3.51. The summed E-state index contributed by atoms with van der Waals surface area (Å²) in [6.07, 6.45) is 8.61. The lowest BCUT2D eigenvalue weighted by Gasteiger charge is -2.62. The number of anilines is 1. The first-order valence-corrected chi connectivity index (χ1v) is 18.5. The van der Waals surface area contributed by atoms with Crippen LogP contribution in [-0.2, 0) is 17.7 Å². The van der Waals surface area contributed by atoms with E-state index in [-0.39, 0.29) is 28.7 Å². The minimum atomic E-state index is -0.700. The summed E-state index contributed by atoms with van der Waals surface area (Å²) in [6, 6.07) is 16.4. The first kappa shape index (κ1) is 32.7. The van der Waals surface area contributed by atoms with Crippen molar-refractivity contribution < 1.29 is 23.9 Å². The van der Waals surface area contributed by atoms with Crippen LogP contribution in [0.4, 0.5) is 5.69 Å². The van der Waals surface area contributed by atoms with Crippen molar-refractivity contribution in [2.75, 3.05) is 19.0 Å². The molecule has 4 saturated carbocycles. The molecule has 1 aliphatic heterocycles. The van der Waals surface area contributed by atoms with Crippen molar-refractivity contribution in [3.63, 3.8) is 0 Å². The Bertz CT molecular complexity index is 1990. The van der Waals surface area contributed by atoms with Gasteiger partial charge in [0.15, 0.2) is 5.69 Å². The normalized spacial score (nSPS) is 24.4. The molecule has 0 saturated heterocycles. The molecule has 10 heteroatoms. The van der Waals surface area contributed by atoms with E-state index in [2.05, 4.69) is 28.6 Å². The lowest BCUT2D eigenvalue weighted by Crippen LogP contribution is -2.63. The highest BCUT2D eigenvalue weighted by Crippen LogP contribution is 2.62. The smallest absolute Gasteiger partial charge is 0.357 e. The van der Waals surface area contributed by atoms with Gasteiger partial charge in [0.05, 0.1) is 13.7 Å². The number of benzene rings is 2. The zero-order valence-electron chi connectivity index (χ0n) is 28.5. The van der Waals surface area contributed by atoms with E-state index < -0.39 is 5.97 Å². The van der Waals surface area contributed by atoms with Crippen LogP contribution in [0.1, 0.15) is 94.3 Å². The maximum atomic E-state index is 14.1. The molecule has 4 atom stereocenters. The van der Waals surface area contributed by atoms with Gasteiger partial charge in [-0.2, -0.15) is 0 Å². The van der Waals surface area contributed by atoms with Gasteiger partial charge in [-0.1, -0.05) is 25.5 Å². The van der Waals surface area contributed by atoms with Gasteiger partial charge >= 0.3 is 5.97 Å². The molecular weight excluding hydrogens is 649 g/mol. The number of rotatable bonds is 8. The van der Waals surface area contributed by atoms with Gasteiger partial charge in [-0.25, -0.2) is 9.78 Å². The number of amides is 2. The highest BCUT2D eigenvalue weighted by Gasteiger charge is 2.57. The van der Waals surface area contributed by atoms with E-state index in [4.69, 9.17) is 15.2 Å². The number of pyridine rings is 1. The van der Waals surface area contributed by atoms with E-state index in [1.807, 2.05) is 35.7 Å². The summed E-state index contributed by atoms with van der Waals surface area (Å²) < 4.78 is 11.4. The lowest BCUT2D eigenvalue weighted by molar-refractivity contribution is -0.0795. The molecule has 2 unspecified atom stereocenters. The third-order valence-corrected chi connectivity index (χ3v) is 12.5. The van der Waals surface area contributed by atoms with Crippen LogP contribution in [0.25, 0.3) is 21.6 Å². The van der Waals surface area contributed by atoms with Crippen molar-refractivity contribution in [2.45, 2.75) is 70.4 Å². The second-order valence-corrected chi connectivity index (χ2v) is 15.7. The molecule has 2 amide bonds. The van der Waals surface area contributed by atoms with Crippen LogP contribution >= 0.6 is 11.3 Å². The zero-order valence-corrected chi connectivity index (χ0v) is 29.3. The van der Waals surface area contributed by atoms with Gasteiger partial charge in [-0.3, -0.25) is 9.59 Å². The van der Waals surface area contributed by atoms with Crippen LogP contribution in [-0.4, -0.2) is 42.0 Å². The minimum Gasteiger partial charge on any atom is -0.493 e. The van der Waals surface area contributed by atoms with Crippen LogP contribution < -0.4 is 21.1 Å². The van der Waals surface area contributed by atoms with Gasteiger partial charge in [0.1, 0.15) is 11.4 Å². The van der Waals surface area contributed by atoms with Gasteiger partial charge in [-0.15, -0.1) is 11.3 Å². The number of nitrogens with zero attached hydrogens (tertiary/aromatic N) is 1. The molecule has 2 aromatic carbocycles. The second kappa shape index (κ2) is 12.7. The fourth-order valence-electron chi connectivity index (χ4n) is 9.62. The molecule has 3 heterocycles. The monoisotopic (exact) mass is 690 g/mol. The molecule has 4 aromatic rings. The van der Waals surface area contributed by atoms with Crippen LogP contribution in [0.15, 0.2) is 60.0 Å². The van der Waals surface area contributed by atoms with Crippen molar-refractivity contribution in [3.8, 4) is 27.3 Å². The average molecular weight is 691 g/mol. The number of carbonyl (C=O) groups is 3. The van der Waals surface area contributed by atoms with E-state index in [1.165, 1.54) is 26.4 Å². The van der Waals surface area contributed by atoms with Gasteiger partial charge in [0.2, 0.25) is 0 Å². The second-order valence-electron chi connectivity index (χ2n) is 14.8. The summed E-state index contributed by atoms with van der Waals surface area (Å²) in [6.45, 7) is 3.15. The van der Waals surface area contributed by atoms with Gasteiger partial charge < -0.3 is 25.8 Å². The molecular formula is C40H42N4O5S. The highest BCUT2D eigenvalue weighted by molar-refractivity contribution is 7.13. The summed E-state index contributed by atoms with van der Waals surface area (Å²) in [5, 5.41) is 8.48. The van der Waals surface area contributed by atoms with Crippen molar-refractivity contribution in [1.82, 2.24) is 10.3 Å². The van der Waals surface area contributed by atoms with Crippen LogP contribution in [0.3, 0.4) is 0 Å². The largest absolute Gasteiger partial charge is 0.493 e. The summed E-state index contributed by atoms with van der Waals surface area (Å²) in [5.74, 6) is 0.533. The SMILES string of the molecule is CCC12C[C@H]3C[C@@H](C1)CC(NC(=O)c1ccc(-c4cc5c(cc4C(=O)Nc4ccc(CN)cc4)-c4sccc4CCO5)c(C(=O)OC)n1)(C3)C2. The molecule has 2 aromatic heterocycles. The van der Waals surface area contributed by atoms with E-state index in [0.717, 1.165) is 53.7 Å². The summed E-state index contributed by atoms with van der Waals surface area (Å²) in [7, 11) is 1.29. The Morgan fingerprint density at radius 2 is 1.76 bits per heavy atom. The number of aromatic nitrogens is 1. The maximum Gasteiger partial charge on any atom is 0.357 e. The number of nitrogens with one attached hydrogen (secondary N) is 2. The fourth-order valence-corrected chi connectivity index (χ4v) is 10.6. The molecule has 9 rings (SSSR count). The Labute approximate surface area is 296 Å². The number of ether oxygens (including phenoxy) is 2. The molecule has 9 nitrogen and oxygen atoms in total. The molecule has 4 aliphatic carbocycles. The Kier molecular flexibility index (Phi) is 8.26. The minimum absolute atomic E-state index is 0.0394. The molecule has 4 fully saturated rings. The van der Waals surface area contributed by atoms with E-state index in [0.29, 0.717) is 58.5 Å². The van der Waals surface area contributed by atoms with Gasteiger partial charge in [0.25, 0.3) is 11.8 Å². The third-order valence-electron chi connectivity index (χ3n) is 11.5. The number of methoxy groups -OCH3 is 1. The summed E-state index contributed by atoms with van der Waals surface area (Å²) in [4.78, 5) is 47.2. The number of hydrogen-bond donors (Lipinski definition) is 3. The highest BCUT2D eigenvalue weighted by atomic mass is 32.1. The number of thiophene rings is 1. The predicted octanol–water partition coefficient (Wildman–Crippen LogP) is 7.39. The topological polar surface area (TPSA) is 133 Å². The quantitative estimate of drug-likeness (QED) is 0.164. The van der Waals surface area contributed by atoms with Crippen molar-refractivity contribution >= 4 is 34.8 Å². The number of esters is 1.